The van der Waals surface area contributed by atoms with E-state index in [2.05, 4.69) is 23.5 Å². The summed E-state index contributed by atoms with van der Waals surface area (Å²) in [6, 6.07) is 35.1. The molecule has 0 radical (unpaired) electrons. The first kappa shape index (κ1) is 21.0. The Morgan fingerprint density at radius 3 is 2.12 bits per heavy atom. The fraction of sp³-hybridized carbons (Fsp3) is 0.0345. The normalized spacial score (nSPS) is 10.6. The molecule has 1 heterocycles. The minimum Gasteiger partial charge on any atom is -0.457 e. The highest BCUT2D eigenvalue weighted by molar-refractivity contribution is 5.88. The summed E-state index contributed by atoms with van der Waals surface area (Å²) in [7, 11) is 0. The van der Waals surface area contributed by atoms with Crippen LogP contribution in [0.5, 0.6) is 0 Å². The van der Waals surface area contributed by atoms with E-state index in [-0.39, 0.29) is 6.61 Å². The zero-order valence-corrected chi connectivity index (χ0v) is 18.2. The molecule has 34 heavy (non-hydrogen) atoms. The van der Waals surface area contributed by atoms with Crippen LogP contribution in [0.1, 0.15) is 11.3 Å². The lowest BCUT2D eigenvalue weighted by atomic mass is 10.0. The van der Waals surface area contributed by atoms with Gasteiger partial charge in [-0.2, -0.15) is 5.26 Å². The maximum atomic E-state index is 12.4. The minimum atomic E-state index is -0.658. The third kappa shape index (κ3) is 4.52. The van der Waals surface area contributed by atoms with Gasteiger partial charge in [0.05, 0.1) is 11.3 Å². The lowest BCUT2D eigenvalue weighted by Gasteiger charge is -2.09. The highest BCUT2D eigenvalue weighted by Crippen LogP contribution is 2.28. The van der Waals surface area contributed by atoms with Crippen LogP contribution in [0, 0.1) is 11.3 Å². The molecule has 5 aromatic rings. The first-order valence-corrected chi connectivity index (χ1v) is 10.8. The van der Waals surface area contributed by atoms with Crippen molar-refractivity contribution in [1.29, 1.82) is 5.26 Å². The molecule has 0 atom stereocenters. The summed E-state index contributed by atoms with van der Waals surface area (Å²) >= 11 is 0. The van der Waals surface area contributed by atoms with Gasteiger partial charge in [-0.25, -0.2) is 4.79 Å². The Morgan fingerprint density at radius 1 is 0.794 bits per heavy atom. The molecule has 5 rings (SSSR count). The van der Waals surface area contributed by atoms with E-state index in [1.54, 1.807) is 12.1 Å². The predicted octanol–water partition coefficient (Wildman–Crippen LogP) is 7.39. The summed E-state index contributed by atoms with van der Waals surface area (Å²) in [6.07, 6.45) is -0.658. The van der Waals surface area contributed by atoms with E-state index in [4.69, 9.17) is 9.15 Å². The van der Waals surface area contributed by atoms with E-state index in [9.17, 15) is 10.1 Å². The largest absolute Gasteiger partial charge is 0.457 e. The van der Waals surface area contributed by atoms with E-state index in [1.165, 1.54) is 0 Å². The number of ether oxygens (including phenoxy) is 1. The molecule has 0 bridgehead atoms. The van der Waals surface area contributed by atoms with Gasteiger partial charge in [-0.05, 0) is 52.6 Å². The number of carbonyl (C=O) groups excluding carboxylic acids is 1. The third-order valence-electron chi connectivity index (χ3n) is 5.50. The van der Waals surface area contributed by atoms with E-state index in [0.29, 0.717) is 17.0 Å². The molecule has 0 saturated heterocycles. The van der Waals surface area contributed by atoms with Gasteiger partial charge in [0.25, 0.3) is 0 Å². The van der Waals surface area contributed by atoms with Gasteiger partial charge in [-0.1, -0.05) is 72.8 Å². The summed E-state index contributed by atoms with van der Waals surface area (Å²) in [5.41, 5.74) is 5.57. The Kier molecular flexibility index (Phi) is 5.79. The standard InChI is InChI=1S/C29H20N2O3/c30-18-25-16-22(20-7-3-1-4-8-20)11-13-27(25)31-29(32)33-19-26-17-24-15-23(12-14-28(24)34-26)21-9-5-2-6-10-21/h1-17H,19H2,(H,31,32). The summed E-state index contributed by atoms with van der Waals surface area (Å²) in [5.74, 6) is 0.537. The van der Waals surface area contributed by atoms with Gasteiger partial charge < -0.3 is 9.15 Å². The fourth-order valence-corrected chi connectivity index (χ4v) is 3.82. The van der Waals surface area contributed by atoms with Crippen molar-refractivity contribution in [3.63, 3.8) is 0 Å². The number of rotatable bonds is 5. The van der Waals surface area contributed by atoms with Crippen molar-refractivity contribution in [2.24, 2.45) is 0 Å². The first-order valence-electron chi connectivity index (χ1n) is 10.8. The van der Waals surface area contributed by atoms with Crippen molar-refractivity contribution in [2.75, 3.05) is 5.32 Å². The summed E-state index contributed by atoms with van der Waals surface area (Å²) in [4.78, 5) is 12.4. The summed E-state index contributed by atoms with van der Waals surface area (Å²) < 4.78 is 11.1. The van der Waals surface area contributed by atoms with E-state index >= 15 is 0 Å². The molecular weight excluding hydrogens is 424 g/mol. The van der Waals surface area contributed by atoms with E-state index in [0.717, 1.165) is 33.2 Å². The highest BCUT2D eigenvalue weighted by Gasteiger charge is 2.12. The Labute approximate surface area is 196 Å². The second-order valence-electron chi connectivity index (χ2n) is 7.77. The molecule has 0 spiro atoms. The molecule has 1 aromatic heterocycles. The van der Waals surface area contributed by atoms with Gasteiger partial charge >= 0.3 is 6.09 Å². The number of hydrogen-bond acceptors (Lipinski definition) is 4. The Hall–Kier alpha value is -4.82. The molecule has 0 fully saturated rings. The third-order valence-corrected chi connectivity index (χ3v) is 5.50. The molecule has 4 aromatic carbocycles. The van der Waals surface area contributed by atoms with Gasteiger partial charge in [-0.15, -0.1) is 0 Å². The lowest BCUT2D eigenvalue weighted by Crippen LogP contribution is -2.14. The average molecular weight is 444 g/mol. The van der Waals surface area contributed by atoms with Crippen LogP contribution in [0.3, 0.4) is 0 Å². The number of anilines is 1. The molecule has 1 amide bonds. The maximum Gasteiger partial charge on any atom is 0.412 e. The molecule has 5 heteroatoms. The number of furan rings is 1. The predicted molar refractivity (Wildman–Crippen MR) is 132 cm³/mol. The number of fused-ring (bicyclic) bond motifs is 1. The molecule has 0 saturated carbocycles. The van der Waals surface area contributed by atoms with Gasteiger partial charge in [0, 0.05) is 5.39 Å². The zero-order valence-electron chi connectivity index (χ0n) is 18.2. The van der Waals surface area contributed by atoms with Crippen LogP contribution in [0.15, 0.2) is 108 Å². The van der Waals surface area contributed by atoms with E-state index < -0.39 is 6.09 Å². The topological polar surface area (TPSA) is 75.3 Å². The second kappa shape index (κ2) is 9.35. The molecule has 0 aliphatic rings. The average Bonchev–Trinajstić information content (AvgIpc) is 3.31. The number of nitriles is 1. The van der Waals surface area contributed by atoms with Crippen LogP contribution in [-0.2, 0) is 11.3 Å². The Bertz CT molecular complexity index is 1500. The molecule has 0 aliphatic heterocycles. The monoisotopic (exact) mass is 444 g/mol. The van der Waals surface area contributed by atoms with Gasteiger partial charge in [0.1, 0.15) is 17.4 Å². The number of benzene rings is 4. The minimum absolute atomic E-state index is 0.0226. The van der Waals surface area contributed by atoms with Crippen molar-refractivity contribution >= 4 is 22.7 Å². The van der Waals surface area contributed by atoms with Crippen LogP contribution in [0.4, 0.5) is 10.5 Å². The van der Waals surface area contributed by atoms with Crippen LogP contribution in [-0.4, -0.2) is 6.09 Å². The van der Waals surface area contributed by atoms with Crippen LogP contribution in [0.25, 0.3) is 33.2 Å². The first-order chi connectivity index (χ1) is 16.7. The van der Waals surface area contributed by atoms with Gasteiger partial charge in [-0.3, -0.25) is 5.32 Å². The quantitative estimate of drug-likeness (QED) is 0.307. The smallest absolute Gasteiger partial charge is 0.412 e. The van der Waals surface area contributed by atoms with Crippen LogP contribution >= 0.6 is 0 Å². The number of nitrogens with one attached hydrogen (secondary N) is 1. The van der Waals surface area contributed by atoms with E-state index in [1.807, 2.05) is 78.9 Å². The molecule has 1 N–H and O–H groups in total. The zero-order chi connectivity index (χ0) is 23.3. The number of carbonyl (C=O) groups is 1. The SMILES string of the molecule is N#Cc1cc(-c2ccccc2)ccc1NC(=O)OCc1cc2cc(-c3ccccc3)ccc2o1. The van der Waals surface area contributed by atoms with Gasteiger partial charge in [0.15, 0.2) is 6.61 Å². The highest BCUT2D eigenvalue weighted by atomic mass is 16.6. The Morgan fingerprint density at radius 2 is 1.44 bits per heavy atom. The van der Waals surface area contributed by atoms with Crippen molar-refractivity contribution < 1.29 is 13.9 Å². The number of amides is 1. The van der Waals surface area contributed by atoms with Crippen molar-refractivity contribution in [3.8, 4) is 28.3 Å². The van der Waals surface area contributed by atoms with Gasteiger partial charge in [0.2, 0.25) is 0 Å². The number of hydrogen-bond donors (Lipinski definition) is 1. The molecule has 5 nitrogen and oxygen atoms in total. The molecule has 164 valence electrons. The van der Waals surface area contributed by atoms with Crippen LogP contribution in [0.2, 0.25) is 0 Å². The summed E-state index contributed by atoms with van der Waals surface area (Å²) in [5, 5.41) is 13.1. The fourth-order valence-electron chi connectivity index (χ4n) is 3.82. The Balaban J connectivity index is 1.26. The molecule has 0 aliphatic carbocycles. The van der Waals surface area contributed by atoms with Crippen molar-refractivity contribution in [3.05, 3.63) is 114 Å². The van der Waals surface area contributed by atoms with Crippen molar-refractivity contribution in [2.45, 2.75) is 6.61 Å². The van der Waals surface area contributed by atoms with Crippen LogP contribution < -0.4 is 5.32 Å². The lowest BCUT2D eigenvalue weighted by molar-refractivity contribution is 0.147. The number of nitrogens with zero attached hydrogens (tertiary/aromatic N) is 1. The molecular formula is C29H20N2O3. The second-order valence-corrected chi connectivity index (χ2v) is 7.77. The summed E-state index contributed by atoms with van der Waals surface area (Å²) in [6.45, 7) is -0.0226. The van der Waals surface area contributed by atoms with Crippen molar-refractivity contribution in [1.82, 2.24) is 0 Å². The maximum absolute atomic E-state index is 12.4. The molecule has 0 unspecified atom stereocenters.